The van der Waals surface area contributed by atoms with E-state index in [-0.39, 0.29) is 5.25 Å². The Hall–Kier alpha value is -2.28. The quantitative estimate of drug-likeness (QED) is 0.672. The molecule has 22 heavy (non-hydrogen) atoms. The molecule has 3 aromatic rings. The first kappa shape index (κ1) is 14.6. The topological polar surface area (TPSA) is 66.0 Å². The molecular weight excluding hydrogens is 300 g/mol. The standard InChI is InChI=1S/C15H16N4O2S/c1-10(14-17-11(2)18-21-14)22-15-16-8-9-19(15)12-4-6-13(20-3)7-5-12/h4-10H,1-3H3. The van der Waals surface area contributed by atoms with Crippen molar-refractivity contribution >= 4 is 11.8 Å². The van der Waals surface area contributed by atoms with Crippen LogP contribution in [0.5, 0.6) is 5.75 Å². The lowest BCUT2D eigenvalue weighted by molar-refractivity contribution is 0.376. The first-order chi connectivity index (χ1) is 10.7. The molecule has 2 aromatic heterocycles. The van der Waals surface area contributed by atoms with Crippen LogP contribution in [0.25, 0.3) is 5.69 Å². The molecule has 0 radical (unpaired) electrons. The van der Waals surface area contributed by atoms with Crippen LogP contribution in [0.15, 0.2) is 46.3 Å². The molecule has 0 fully saturated rings. The van der Waals surface area contributed by atoms with Crippen LogP contribution in [0.4, 0.5) is 0 Å². The molecule has 0 spiro atoms. The number of aryl methyl sites for hydroxylation is 1. The molecule has 2 heterocycles. The second kappa shape index (κ2) is 6.23. The molecular formula is C15H16N4O2S. The molecule has 7 heteroatoms. The summed E-state index contributed by atoms with van der Waals surface area (Å²) in [6, 6.07) is 7.83. The van der Waals surface area contributed by atoms with Crippen LogP contribution in [0.1, 0.15) is 23.9 Å². The van der Waals surface area contributed by atoms with Crippen LogP contribution in [-0.4, -0.2) is 26.8 Å². The maximum atomic E-state index is 5.22. The van der Waals surface area contributed by atoms with Gasteiger partial charge in [0, 0.05) is 18.1 Å². The first-order valence-electron chi connectivity index (χ1n) is 6.82. The zero-order valence-corrected chi connectivity index (χ0v) is 13.4. The van der Waals surface area contributed by atoms with E-state index in [0.717, 1.165) is 16.6 Å². The highest BCUT2D eigenvalue weighted by atomic mass is 32.2. The smallest absolute Gasteiger partial charge is 0.239 e. The summed E-state index contributed by atoms with van der Waals surface area (Å²) in [5.41, 5.74) is 1.02. The van der Waals surface area contributed by atoms with Gasteiger partial charge in [-0.15, -0.1) is 0 Å². The Bertz CT molecular complexity index is 751. The summed E-state index contributed by atoms with van der Waals surface area (Å²) < 4.78 is 12.4. The average Bonchev–Trinajstić information content (AvgIpc) is 3.16. The Morgan fingerprint density at radius 1 is 1.27 bits per heavy atom. The minimum Gasteiger partial charge on any atom is -0.497 e. The van der Waals surface area contributed by atoms with Crippen molar-refractivity contribution in [2.75, 3.05) is 7.11 Å². The normalized spacial score (nSPS) is 12.3. The van der Waals surface area contributed by atoms with Gasteiger partial charge in [-0.1, -0.05) is 16.9 Å². The van der Waals surface area contributed by atoms with Gasteiger partial charge in [-0.3, -0.25) is 4.57 Å². The number of thioether (sulfide) groups is 1. The summed E-state index contributed by atoms with van der Waals surface area (Å²) in [7, 11) is 1.65. The van der Waals surface area contributed by atoms with Gasteiger partial charge in [0.15, 0.2) is 11.0 Å². The molecule has 1 aromatic carbocycles. The number of ether oxygens (including phenoxy) is 1. The van der Waals surface area contributed by atoms with Gasteiger partial charge in [-0.25, -0.2) is 4.98 Å². The van der Waals surface area contributed by atoms with Gasteiger partial charge < -0.3 is 9.26 Å². The molecule has 1 unspecified atom stereocenters. The fourth-order valence-corrected chi connectivity index (χ4v) is 2.92. The molecule has 0 saturated carbocycles. The van der Waals surface area contributed by atoms with E-state index in [2.05, 4.69) is 15.1 Å². The molecule has 0 aliphatic rings. The molecule has 0 saturated heterocycles. The Morgan fingerprint density at radius 3 is 2.68 bits per heavy atom. The first-order valence-corrected chi connectivity index (χ1v) is 7.70. The van der Waals surface area contributed by atoms with Gasteiger partial charge in [0.25, 0.3) is 0 Å². The van der Waals surface area contributed by atoms with Crippen molar-refractivity contribution in [3.8, 4) is 11.4 Å². The summed E-state index contributed by atoms with van der Waals surface area (Å²) in [5, 5.41) is 4.72. The van der Waals surface area contributed by atoms with Gasteiger partial charge in [0.2, 0.25) is 5.89 Å². The van der Waals surface area contributed by atoms with Crippen LogP contribution in [0.2, 0.25) is 0 Å². The fraction of sp³-hybridized carbons (Fsp3) is 0.267. The van der Waals surface area contributed by atoms with E-state index in [0.29, 0.717) is 11.7 Å². The summed E-state index contributed by atoms with van der Waals surface area (Å²) in [5.74, 6) is 2.07. The number of hydrogen-bond donors (Lipinski definition) is 0. The van der Waals surface area contributed by atoms with E-state index in [1.807, 2.05) is 48.9 Å². The number of aromatic nitrogens is 4. The molecule has 114 valence electrons. The van der Waals surface area contributed by atoms with Gasteiger partial charge in [0.1, 0.15) is 5.75 Å². The summed E-state index contributed by atoms with van der Waals surface area (Å²) in [6.45, 7) is 3.83. The molecule has 0 aliphatic heterocycles. The van der Waals surface area contributed by atoms with Crippen molar-refractivity contribution in [1.82, 2.24) is 19.7 Å². The van der Waals surface area contributed by atoms with Gasteiger partial charge in [-0.2, -0.15) is 4.98 Å². The van der Waals surface area contributed by atoms with Gasteiger partial charge >= 0.3 is 0 Å². The average molecular weight is 316 g/mol. The molecule has 1 atom stereocenters. The van der Waals surface area contributed by atoms with Crippen LogP contribution >= 0.6 is 11.8 Å². The molecule has 0 aliphatic carbocycles. The number of methoxy groups -OCH3 is 1. The van der Waals surface area contributed by atoms with Crippen molar-refractivity contribution in [1.29, 1.82) is 0 Å². The SMILES string of the molecule is COc1ccc(-n2ccnc2SC(C)c2nc(C)no2)cc1. The van der Waals surface area contributed by atoms with Crippen LogP contribution < -0.4 is 4.74 Å². The Kier molecular flexibility index (Phi) is 4.15. The zero-order valence-electron chi connectivity index (χ0n) is 12.6. The molecule has 0 bridgehead atoms. The second-order valence-corrected chi connectivity index (χ2v) is 6.03. The third-order valence-electron chi connectivity index (χ3n) is 3.13. The van der Waals surface area contributed by atoms with Crippen molar-refractivity contribution in [3.63, 3.8) is 0 Å². The minimum absolute atomic E-state index is 0.0283. The monoisotopic (exact) mass is 316 g/mol. The molecule has 3 rings (SSSR count). The number of rotatable bonds is 5. The highest BCUT2D eigenvalue weighted by Crippen LogP contribution is 2.34. The predicted octanol–water partition coefficient (Wildman–Crippen LogP) is 3.43. The third kappa shape index (κ3) is 2.99. The van der Waals surface area contributed by atoms with Crippen molar-refractivity contribution in [2.45, 2.75) is 24.3 Å². The van der Waals surface area contributed by atoms with E-state index >= 15 is 0 Å². The lowest BCUT2D eigenvalue weighted by Gasteiger charge is -2.10. The molecule has 0 amide bonds. The molecule has 0 N–H and O–H groups in total. The van der Waals surface area contributed by atoms with E-state index in [1.54, 1.807) is 25.1 Å². The van der Waals surface area contributed by atoms with E-state index in [9.17, 15) is 0 Å². The van der Waals surface area contributed by atoms with E-state index in [1.165, 1.54) is 0 Å². The summed E-state index contributed by atoms with van der Waals surface area (Å²) in [6.07, 6.45) is 3.70. The van der Waals surface area contributed by atoms with Crippen LogP contribution in [0, 0.1) is 6.92 Å². The fourth-order valence-electron chi connectivity index (χ4n) is 2.00. The Morgan fingerprint density at radius 2 is 2.05 bits per heavy atom. The number of hydrogen-bond acceptors (Lipinski definition) is 6. The highest BCUT2D eigenvalue weighted by molar-refractivity contribution is 7.99. The second-order valence-electron chi connectivity index (χ2n) is 4.72. The van der Waals surface area contributed by atoms with Crippen molar-refractivity contribution < 1.29 is 9.26 Å². The minimum atomic E-state index is 0.0283. The van der Waals surface area contributed by atoms with Gasteiger partial charge in [-0.05, 0) is 38.1 Å². The molecule has 6 nitrogen and oxygen atoms in total. The largest absolute Gasteiger partial charge is 0.497 e. The Balaban J connectivity index is 1.82. The number of imidazole rings is 1. The van der Waals surface area contributed by atoms with E-state index < -0.39 is 0 Å². The summed E-state index contributed by atoms with van der Waals surface area (Å²) >= 11 is 1.57. The maximum Gasteiger partial charge on any atom is 0.239 e. The van der Waals surface area contributed by atoms with Crippen molar-refractivity contribution in [2.24, 2.45) is 0 Å². The van der Waals surface area contributed by atoms with Crippen LogP contribution in [0.3, 0.4) is 0 Å². The number of benzene rings is 1. The highest BCUT2D eigenvalue weighted by Gasteiger charge is 2.17. The zero-order chi connectivity index (χ0) is 15.5. The lowest BCUT2D eigenvalue weighted by atomic mass is 10.3. The van der Waals surface area contributed by atoms with Crippen molar-refractivity contribution in [3.05, 3.63) is 48.4 Å². The lowest BCUT2D eigenvalue weighted by Crippen LogP contribution is -1.97. The van der Waals surface area contributed by atoms with Gasteiger partial charge in [0.05, 0.1) is 12.4 Å². The Labute approximate surface area is 132 Å². The summed E-state index contributed by atoms with van der Waals surface area (Å²) in [4.78, 5) is 8.68. The number of nitrogens with zero attached hydrogens (tertiary/aromatic N) is 4. The maximum absolute atomic E-state index is 5.22. The predicted molar refractivity (Wildman–Crippen MR) is 83.4 cm³/mol. The van der Waals surface area contributed by atoms with Crippen LogP contribution in [-0.2, 0) is 0 Å². The third-order valence-corrected chi connectivity index (χ3v) is 4.20. The van der Waals surface area contributed by atoms with E-state index in [4.69, 9.17) is 9.26 Å².